The van der Waals surface area contributed by atoms with Crippen molar-refractivity contribution in [2.45, 2.75) is 31.1 Å². The predicted molar refractivity (Wildman–Crippen MR) is 102 cm³/mol. The highest BCUT2D eigenvalue weighted by Gasteiger charge is 2.44. The van der Waals surface area contributed by atoms with E-state index in [0.29, 0.717) is 33.6 Å². The number of ether oxygens (including phenoxy) is 1. The molecule has 0 spiro atoms. The van der Waals surface area contributed by atoms with Crippen molar-refractivity contribution < 1.29 is 20.1 Å². The van der Waals surface area contributed by atoms with Gasteiger partial charge in [-0.1, -0.05) is 29.3 Å². The smallest absolute Gasteiger partial charge is 0.167 e. The summed E-state index contributed by atoms with van der Waals surface area (Å²) < 4.78 is 7.04. The number of fused-ring (bicyclic) bond motifs is 1. The average molecular weight is 426 g/mol. The first-order chi connectivity index (χ1) is 13.5. The molecule has 4 atom stereocenters. The number of imidazole rings is 1. The molecule has 28 heavy (non-hydrogen) atoms. The van der Waals surface area contributed by atoms with Gasteiger partial charge in [0.2, 0.25) is 0 Å². The number of anilines is 1. The van der Waals surface area contributed by atoms with E-state index in [9.17, 15) is 15.3 Å². The molecule has 1 fully saturated rings. The van der Waals surface area contributed by atoms with Crippen molar-refractivity contribution in [3.05, 3.63) is 46.5 Å². The Hall–Kier alpha value is -2.01. The number of aromatic nitrogens is 4. The number of halogens is 2. The minimum Gasteiger partial charge on any atom is -0.394 e. The van der Waals surface area contributed by atoms with E-state index in [1.165, 1.54) is 17.2 Å². The molecule has 0 aliphatic carbocycles. The fourth-order valence-electron chi connectivity index (χ4n) is 3.15. The number of benzene rings is 1. The first kappa shape index (κ1) is 19.3. The van der Waals surface area contributed by atoms with Crippen LogP contribution in [0.1, 0.15) is 11.8 Å². The van der Waals surface area contributed by atoms with Crippen molar-refractivity contribution in [1.29, 1.82) is 0 Å². The number of aliphatic hydroxyl groups is 3. The number of aliphatic hydroxyl groups excluding tert-OH is 3. The van der Waals surface area contributed by atoms with Crippen molar-refractivity contribution in [3.8, 4) is 0 Å². The van der Waals surface area contributed by atoms with E-state index in [4.69, 9.17) is 27.9 Å². The minimum atomic E-state index is -1.23. The zero-order chi connectivity index (χ0) is 19.8. The van der Waals surface area contributed by atoms with Gasteiger partial charge in [0.25, 0.3) is 0 Å². The average Bonchev–Trinajstić information content (AvgIpc) is 3.23. The summed E-state index contributed by atoms with van der Waals surface area (Å²) in [4.78, 5) is 12.7. The third-order valence-corrected chi connectivity index (χ3v) is 5.35. The van der Waals surface area contributed by atoms with Crippen LogP contribution in [0.5, 0.6) is 0 Å². The molecule has 0 saturated carbocycles. The summed E-state index contributed by atoms with van der Waals surface area (Å²) in [5.41, 5.74) is 1.57. The highest BCUT2D eigenvalue weighted by Crippen LogP contribution is 2.32. The third kappa shape index (κ3) is 3.30. The van der Waals surface area contributed by atoms with E-state index >= 15 is 0 Å². The second-order valence-electron chi connectivity index (χ2n) is 6.33. The van der Waals surface area contributed by atoms with Crippen molar-refractivity contribution in [2.24, 2.45) is 0 Å². The fourth-order valence-corrected chi connectivity index (χ4v) is 3.68. The third-order valence-electron chi connectivity index (χ3n) is 4.64. The summed E-state index contributed by atoms with van der Waals surface area (Å²) in [5.74, 6) is 0.450. The van der Waals surface area contributed by atoms with E-state index in [1.807, 2.05) is 0 Å². The van der Waals surface area contributed by atoms with Crippen LogP contribution in [-0.2, 0) is 11.3 Å². The lowest BCUT2D eigenvalue weighted by Gasteiger charge is -2.16. The number of rotatable bonds is 5. The van der Waals surface area contributed by atoms with E-state index in [-0.39, 0.29) is 0 Å². The molecule has 148 valence electrons. The Morgan fingerprint density at radius 1 is 1.11 bits per heavy atom. The number of hydrogen-bond acceptors (Lipinski definition) is 8. The van der Waals surface area contributed by atoms with Crippen LogP contribution in [0.2, 0.25) is 10.0 Å². The summed E-state index contributed by atoms with van der Waals surface area (Å²) in [6.07, 6.45) is -1.49. The van der Waals surface area contributed by atoms with E-state index in [1.54, 1.807) is 18.2 Å². The lowest BCUT2D eigenvalue weighted by atomic mass is 10.1. The predicted octanol–water partition coefficient (Wildman–Crippen LogP) is 1.36. The Morgan fingerprint density at radius 2 is 1.86 bits per heavy atom. The van der Waals surface area contributed by atoms with Crippen LogP contribution in [0.4, 0.5) is 5.82 Å². The van der Waals surface area contributed by atoms with Crippen LogP contribution in [0.3, 0.4) is 0 Å². The molecule has 3 aromatic rings. The molecule has 4 rings (SSSR count). The number of nitrogens with one attached hydrogen (secondary N) is 1. The second kappa shape index (κ2) is 7.78. The summed E-state index contributed by atoms with van der Waals surface area (Å²) >= 11 is 12.4. The topological polar surface area (TPSA) is 126 Å². The van der Waals surface area contributed by atoms with Crippen molar-refractivity contribution in [3.63, 3.8) is 0 Å². The lowest BCUT2D eigenvalue weighted by Crippen LogP contribution is -2.33. The molecule has 1 aromatic carbocycles. The van der Waals surface area contributed by atoms with Gasteiger partial charge >= 0.3 is 0 Å². The maximum absolute atomic E-state index is 10.2. The van der Waals surface area contributed by atoms with Gasteiger partial charge in [-0.2, -0.15) is 0 Å². The van der Waals surface area contributed by atoms with E-state index in [0.717, 1.165) is 5.56 Å². The molecule has 9 nitrogen and oxygen atoms in total. The minimum absolute atomic E-state index is 0.325. The largest absolute Gasteiger partial charge is 0.394 e. The second-order valence-corrected chi connectivity index (χ2v) is 7.14. The molecule has 1 aliphatic heterocycles. The monoisotopic (exact) mass is 425 g/mol. The van der Waals surface area contributed by atoms with Crippen LogP contribution >= 0.6 is 23.2 Å². The van der Waals surface area contributed by atoms with Gasteiger partial charge < -0.3 is 25.4 Å². The molecule has 11 heteroatoms. The van der Waals surface area contributed by atoms with Crippen LogP contribution in [0.15, 0.2) is 30.9 Å². The summed E-state index contributed by atoms with van der Waals surface area (Å²) in [6.45, 7) is -0.0902. The molecular weight excluding hydrogens is 409 g/mol. The quantitative estimate of drug-likeness (QED) is 0.482. The number of hydrogen-bond donors (Lipinski definition) is 4. The van der Waals surface area contributed by atoms with E-state index < -0.39 is 31.1 Å². The molecule has 4 N–H and O–H groups in total. The Bertz CT molecular complexity index is 981. The molecule has 0 amide bonds. The Balaban J connectivity index is 1.62. The van der Waals surface area contributed by atoms with Gasteiger partial charge in [-0.05, 0) is 12.1 Å². The van der Waals surface area contributed by atoms with Gasteiger partial charge in [0.15, 0.2) is 23.2 Å². The van der Waals surface area contributed by atoms with Crippen molar-refractivity contribution in [1.82, 2.24) is 19.5 Å². The molecule has 0 unspecified atom stereocenters. The van der Waals surface area contributed by atoms with Crippen LogP contribution in [-0.4, -0.2) is 59.8 Å². The van der Waals surface area contributed by atoms with Crippen molar-refractivity contribution in [2.75, 3.05) is 11.9 Å². The maximum Gasteiger partial charge on any atom is 0.167 e. The SMILES string of the molecule is OC[C@H]1O[C@@H](n2cnc3c(NCc4c(Cl)cccc4Cl)ncnc32)[C@H](O)[C@@H]1O. The van der Waals surface area contributed by atoms with Gasteiger partial charge in [-0.15, -0.1) is 0 Å². The van der Waals surface area contributed by atoms with Gasteiger partial charge in [-0.3, -0.25) is 4.57 Å². The highest BCUT2D eigenvalue weighted by molar-refractivity contribution is 6.36. The first-order valence-electron chi connectivity index (χ1n) is 8.48. The van der Waals surface area contributed by atoms with Crippen LogP contribution < -0.4 is 5.32 Å². The standard InChI is InChI=1S/C17H17Cl2N5O4/c18-9-2-1-3-10(19)8(9)4-20-15-12-16(22-6-21-15)24(7-23-12)17-14(27)13(26)11(5-25)28-17/h1-3,6-7,11,13-14,17,25-27H,4-5H2,(H,20,21,22)/t11-,13-,14-,17-/m1/s1. The Morgan fingerprint density at radius 3 is 2.54 bits per heavy atom. The van der Waals surface area contributed by atoms with E-state index in [2.05, 4.69) is 20.3 Å². The Kier molecular flexibility index (Phi) is 5.37. The Labute approximate surface area is 169 Å². The number of nitrogens with zero attached hydrogens (tertiary/aromatic N) is 4. The van der Waals surface area contributed by atoms with Crippen LogP contribution in [0, 0.1) is 0 Å². The maximum atomic E-state index is 10.2. The first-order valence-corrected chi connectivity index (χ1v) is 9.23. The lowest BCUT2D eigenvalue weighted by molar-refractivity contribution is -0.0511. The zero-order valence-corrected chi connectivity index (χ0v) is 15.9. The van der Waals surface area contributed by atoms with Gasteiger partial charge in [0.1, 0.15) is 24.6 Å². The van der Waals surface area contributed by atoms with Gasteiger partial charge in [-0.25, -0.2) is 15.0 Å². The molecular formula is C17H17Cl2N5O4. The zero-order valence-electron chi connectivity index (χ0n) is 14.4. The summed E-state index contributed by atoms with van der Waals surface area (Å²) in [7, 11) is 0. The molecule has 2 aromatic heterocycles. The van der Waals surface area contributed by atoms with Gasteiger partial charge in [0, 0.05) is 22.2 Å². The summed E-state index contributed by atoms with van der Waals surface area (Å²) in [6, 6.07) is 5.26. The molecule has 1 saturated heterocycles. The van der Waals surface area contributed by atoms with Gasteiger partial charge in [0.05, 0.1) is 12.9 Å². The molecule has 0 radical (unpaired) electrons. The molecule has 3 heterocycles. The normalized spacial score (nSPS) is 24.8. The molecule has 1 aliphatic rings. The van der Waals surface area contributed by atoms with Crippen molar-refractivity contribution >= 4 is 40.2 Å². The molecule has 0 bridgehead atoms. The van der Waals surface area contributed by atoms with Crippen LogP contribution in [0.25, 0.3) is 11.2 Å². The summed E-state index contributed by atoms with van der Waals surface area (Å²) in [5, 5.41) is 33.7. The fraction of sp³-hybridized carbons (Fsp3) is 0.353. The highest BCUT2D eigenvalue weighted by atomic mass is 35.5.